The van der Waals surface area contributed by atoms with Crippen molar-refractivity contribution in [2.75, 3.05) is 0 Å². The molecule has 0 aliphatic heterocycles. The molecular weight excluding hydrogens is 194 g/mol. The third-order valence-electron chi connectivity index (χ3n) is 2.24. The van der Waals surface area contributed by atoms with Gasteiger partial charge < -0.3 is 15.2 Å². The molecule has 0 amide bonds. The van der Waals surface area contributed by atoms with E-state index < -0.39 is 19.0 Å². The number of carboxylic acids is 1. The molecule has 0 aliphatic carbocycles. The van der Waals surface area contributed by atoms with Crippen molar-refractivity contribution in [1.82, 2.24) is 0 Å². The lowest BCUT2D eigenvalue weighted by atomic mass is 9.26. The second kappa shape index (κ2) is 4.95. The minimum absolute atomic E-state index is 0.404. The highest BCUT2D eigenvalue weighted by Gasteiger charge is 2.13. The predicted octanol–water partition coefficient (Wildman–Crippen LogP) is -0.370. The molecule has 0 heterocycles. The smallest absolute Gasteiger partial charge is 0.481 e. The first-order valence-electron chi connectivity index (χ1n) is 4.68. The van der Waals surface area contributed by atoms with Gasteiger partial charge in [-0.25, -0.2) is 0 Å². The summed E-state index contributed by atoms with van der Waals surface area (Å²) in [6, 6.07) is 6.56. The van der Waals surface area contributed by atoms with Crippen LogP contribution in [0, 0.1) is 5.92 Å². The number of carboxylic acid groups (broad SMARTS) is 1. The molecule has 0 aromatic heterocycles. The van der Waals surface area contributed by atoms with Crippen LogP contribution in [-0.2, 0) is 11.2 Å². The van der Waals surface area contributed by atoms with Gasteiger partial charge in [0.1, 0.15) is 0 Å². The highest BCUT2D eigenvalue weighted by atomic mass is 16.4. The summed E-state index contributed by atoms with van der Waals surface area (Å²) in [7, 11) is -1.48. The molecule has 5 heteroatoms. The molecule has 1 rings (SSSR count). The van der Waals surface area contributed by atoms with Crippen molar-refractivity contribution < 1.29 is 19.9 Å². The summed E-state index contributed by atoms with van der Waals surface area (Å²) in [5.74, 6) is -1.27. The van der Waals surface area contributed by atoms with E-state index in [4.69, 9.17) is 15.2 Å². The fraction of sp³-hybridized carbons (Fsp3) is 0.300. The lowest BCUT2D eigenvalue weighted by Gasteiger charge is -2.06. The zero-order valence-electron chi connectivity index (χ0n) is 8.42. The molecule has 0 aliphatic rings. The molecule has 0 radical (unpaired) electrons. The SMILES string of the molecule is C[C@@H](Cc1ccc([10B](O)O)cc1)C(=O)O. The van der Waals surface area contributed by atoms with Crippen molar-refractivity contribution in [2.24, 2.45) is 5.92 Å². The molecule has 0 bridgehead atoms. The van der Waals surface area contributed by atoms with Crippen molar-refractivity contribution >= 4 is 18.6 Å². The number of aliphatic carboxylic acids is 1. The minimum Gasteiger partial charge on any atom is -0.481 e. The normalized spacial score (nSPS) is 12.2. The first kappa shape index (κ1) is 11.7. The summed E-state index contributed by atoms with van der Waals surface area (Å²) in [4.78, 5) is 10.6. The lowest BCUT2D eigenvalue weighted by molar-refractivity contribution is -0.141. The second-order valence-corrected chi connectivity index (χ2v) is 3.56. The summed E-state index contributed by atoms with van der Waals surface area (Å²) >= 11 is 0. The van der Waals surface area contributed by atoms with Crippen molar-refractivity contribution in [1.29, 1.82) is 0 Å². The highest BCUT2D eigenvalue weighted by molar-refractivity contribution is 6.58. The monoisotopic (exact) mass is 207 g/mol. The van der Waals surface area contributed by atoms with Gasteiger partial charge in [0.25, 0.3) is 0 Å². The van der Waals surface area contributed by atoms with Gasteiger partial charge in [-0.2, -0.15) is 0 Å². The summed E-state index contributed by atoms with van der Waals surface area (Å²) in [6.45, 7) is 1.64. The summed E-state index contributed by atoms with van der Waals surface area (Å²) < 4.78 is 0. The third kappa shape index (κ3) is 3.38. The Labute approximate surface area is 88.3 Å². The van der Waals surface area contributed by atoms with Crippen LogP contribution in [0.25, 0.3) is 0 Å². The van der Waals surface area contributed by atoms with Crippen molar-refractivity contribution in [2.45, 2.75) is 13.3 Å². The molecule has 0 saturated carbocycles. The van der Waals surface area contributed by atoms with Gasteiger partial charge in [0, 0.05) is 0 Å². The molecule has 1 aromatic carbocycles. The average molecular weight is 207 g/mol. The summed E-state index contributed by atoms with van der Waals surface area (Å²) in [5, 5.41) is 26.4. The number of hydrogen-bond donors (Lipinski definition) is 3. The fourth-order valence-electron chi connectivity index (χ4n) is 1.27. The fourth-order valence-corrected chi connectivity index (χ4v) is 1.27. The van der Waals surface area contributed by atoms with Gasteiger partial charge in [-0.3, -0.25) is 4.79 Å². The largest absolute Gasteiger partial charge is 0.488 e. The van der Waals surface area contributed by atoms with E-state index in [1.54, 1.807) is 31.2 Å². The Hall–Kier alpha value is -1.33. The van der Waals surface area contributed by atoms with Gasteiger partial charge in [0.2, 0.25) is 0 Å². The molecule has 0 saturated heterocycles. The molecule has 0 fully saturated rings. The van der Waals surface area contributed by atoms with Crippen LogP contribution in [-0.4, -0.2) is 28.2 Å². The third-order valence-corrected chi connectivity index (χ3v) is 2.24. The first-order valence-corrected chi connectivity index (χ1v) is 4.68. The number of rotatable bonds is 4. The number of hydrogen-bond acceptors (Lipinski definition) is 3. The van der Waals surface area contributed by atoms with Gasteiger partial charge in [-0.1, -0.05) is 31.2 Å². The molecule has 0 spiro atoms. The van der Waals surface area contributed by atoms with Crippen LogP contribution in [0.15, 0.2) is 24.3 Å². The molecule has 1 aromatic rings. The van der Waals surface area contributed by atoms with Gasteiger partial charge in [0.05, 0.1) is 5.92 Å². The topological polar surface area (TPSA) is 77.8 Å². The molecule has 4 nitrogen and oxygen atoms in total. The average Bonchev–Trinajstić information content (AvgIpc) is 2.18. The molecule has 80 valence electrons. The van der Waals surface area contributed by atoms with E-state index in [2.05, 4.69) is 0 Å². The van der Waals surface area contributed by atoms with Crippen LogP contribution >= 0.6 is 0 Å². The van der Waals surface area contributed by atoms with E-state index in [-0.39, 0.29) is 0 Å². The Bertz CT molecular complexity index is 334. The first-order chi connectivity index (χ1) is 7.00. The molecule has 1 atom stereocenters. The Kier molecular flexibility index (Phi) is 3.88. The summed E-state index contributed by atoms with van der Waals surface area (Å²) in [6.07, 6.45) is 0.442. The maximum atomic E-state index is 10.6. The Morgan fingerprint density at radius 3 is 2.27 bits per heavy atom. The Morgan fingerprint density at radius 2 is 1.87 bits per heavy atom. The van der Waals surface area contributed by atoms with E-state index in [0.717, 1.165) is 5.56 Å². The van der Waals surface area contributed by atoms with E-state index in [0.29, 0.717) is 11.9 Å². The van der Waals surface area contributed by atoms with Gasteiger partial charge in [-0.15, -0.1) is 0 Å². The van der Waals surface area contributed by atoms with Crippen molar-refractivity contribution in [3.63, 3.8) is 0 Å². The molecular formula is C10H13BO4. The maximum Gasteiger partial charge on any atom is 0.488 e. The van der Waals surface area contributed by atoms with E-state index in [1.807, 2.05) is 0 Å². The Morgan fingerprint density at radius 1 is 1.33 bits per heavy atom. The summed E-state index contributed by atoms with van der Waals surface area (Å²) in [5.41, 5.74) is 1.27. The van der Waals surface area contributed by atoms with Gasteiger partial charge in [-0.05, 0) is 17.4 Å². The van der Waals surface area contributed by atoms with E-state index in [1.165, 1.54) is 0 Å². The highest BCUT2D eigenvalue weighted by Crippen LogP contribution is 2.07. The molecule has 0 unspecified atom stereocenters. The van der Waals surface area contributed by atoms with Crippen molar-refractivity contribution in [3.8, 4) is 0 Å². The minimum atomic E-state index is -1.48. The molecule has 15 heavy (non-hydrogen) atoms. The van der Waals surface area contributed by atoms with Crippen LogP contribution in [0.1, 0.15) is 12.5 Å². The van der Waals surface area contributed by atoms with Crippen LogP contribution in [0.2, 0.25) is 0 Å². The second-order valence-electron chi connectivity index (χ2n) is 3.56. The maximum absolute atomic E-state index is 10.6. The van der Waals surface area contributed by atoms with E-state index in [9.17, 15) is 4.79 Å². The van der Waals surface area contributed by atoms with Crippen LogP contribution < -0.4 is 5.46 Å². The number of carbonyl (C=O) groups is 1. The standard InChI is InChI=1S/C10H13BO4/c1-7(10(12)13)6-8-2-4-9(5-3-8)11(14)15/h2-5,7,14-15H,6H2,1H3,(H,12,13)/t7-/m0/s1/i11-1. The zero-order valence-corrected chi connectivity index (χ0v) is 8.42. The van der Waals surface area contributed by atoms with Crippen molar-refractivity contribution in [3.05, 3.63) is 29.8 Å². The van der Waals surface area contributed by atoms with E-state index >= 15 is 0 Å². The van der Waals surface area contributed by atoms with Gasteiger partial charge in [0.15, 0.2) is 0 Å². The van der Waals surface area contributed by atoms with Crippen LogP contribution in [0.3, 0.4) is 0 Å². The Balaban J connectivity index is 2.68. The molecule has 3 N–H and O–H groups in total. The quantitative estimate of drug-likeness (QED) is 0.589. The predicted molar refractivity (Wildman–Crippen MR) is 56.8 cm³/mol. The van der Waals surface area contributed by atoms with Crippen LogP contribution in [0.5, 0.6) is 0 Å². The zero-order chi connectivity index (χ0) is 11.4. The lowest BCUT2D eigenvalue weighted by Crippen LogP contribution is -2.29. The van der Waals surface area contributed by atoms with Gasteiger partial charge >= 0.3 is 13.1 Å². The van der Waals surface area contributed by atoms with Crippen LogP contribution in [0.4, 0.5) is 0 Å². The number of benzene rings is 1.